The minimum Gasteiger partial charge on any atom is -0.490 e. The van der Waals surface area contributed by atoms with Crippen molar-refractivity contribution >= 4 is 52.3 Å². The number of piperidine rings is 1. The molecule has 5 rings (SSSR count). The smallest absolute Gasteiger partial charge is 0.490 e. The number of carbonyl (C=O) groups excluding carboxylic acids is 2. The molecule has 13 heteroatoms. The van der Waals surface area contributed by atoms with Crippen molar-refractivity contribution < 1.29 is 27.7 Å². The summed E-state index contributed by atoms with van der Waals surface area (Å²) in [4.78, 5) is 38.4. The van der Waals surface area contributed by atoms with Crippen LogP contribution < -0.4 is 15.5 Å². The topological polar surface area (TPSA) is 119 Å². The van der Waals surface area contributed by atoms with E-state index in [1.54, 1.807) is 54.3 Å². The second-order valence-electron chi connectivity index (χ2n) is 10.7. The molecule has 44 heavy (non-hydrogen) atoms. The van der Waals surface area contributed by atoms with Crippen LogP contribution in [0.3, 0.4) is 0 Å². The van der Waals surface area contributed by atoms with Crippen molar-refractivity contribution in [1.29, 1.82) is 0 Å². The van der Waals surface area contributed by atoms with Gasteiger partial charge in [-0.15, -0.1) is 0 Å². The Hall–Kier alpha value is -3.73. The van der Waals surface area contributed by atoms with Gasteiger partial charge in [-0.3, -0.25) is 9.59 Å². The fourth-order valence-corrected chi connectivity index (χ4v) is 5.60. The third kappa shape index (κ3) is 6.98. The minimum absolute atomic E-state index is 0.0529. The van der Waals surface area contributed by atoms with Crippen LogP contribution in [0.4, 0.5) is 5.69 Å². The van der Waals surface area contributed by atoms with Gasteiger partial charge in [0.15, 0.2) is 22.1 Å². The number of amides is 2. The van der Waals surface area contributed by atoms with Gasteiger partial charge in [0.05, 0.1) is 17.1 Å². The molecule has 4 aromatic rings. The van der Waals surface area contributed by atoms with E-state index in [0.717, 1.165) is 0 Å². The number of alkyl halides is 2. The maximum absolute atomic E-state index is 13.1. The average molecular weight is 663 g/mol. The lowest BCUT2D eigenvalue weighted by Gasteiger charge is -2.31. The van der Waals surface area contributed by atoms with E-state index in [2.05, 4.69) is 5.16 Å². The number of nitrogens with zero attached hydrogens (tertiary/aromatic N) is 3. The minimum atomic E-state index is -1.37. The van der Waals surface area contributed by atoms with E-state index >= 15 is 0 Å². The van der Waals surface area contributed by atoms with Crippen molar-refractivity contribution in [2.75, 3.05) is 18.0 Å². The van der Waals surface area contributed by atoms with Gasteiger partial charge in [0.2, 0.25) is 5.91 Å². The molecule has 10 nitrogen and oxygen atoms in total. The SMILES string of the molecule is CC(=O)N1CCC(Oc2cccc(Cl)c2-c2cc(-c3cccc(N(Cc4oc(=O)oc4C(C)C)C(=O)C(Cl)Cl)c3)on2)CC1. The zero-order chi connectivity index (χ0) is 31.5. The molecule has 0 unspecified atom stereocenters. The van der Waals surface area contributed by atoms with E-state index in [1.807, 2.05) is 19.9 Å². The number of hydrogen-bond donors (Lipinski definition) is 0. The molecule has 1 saturated heterocycles. The molecule has 0 bridgehead atoms. The van der Waals surface area contributed by atoms with E-state index < -0.39 is 16.6 Å². The predicted molar refractivity (Wildman–Crippen MR) is 166 cm³/mol. The third-order valence-electron chi connectivity index (χ3n) is 7.32. The molecule has 2 aromatic carbocycles. The largest absolute Gasteiger partial charge is 0.519 e. The van der Waals surface area contributed by atoms with Crippen LogP contribution in [0.2, 0.25) is 5.02 Å². The van der Waals surface area contributed by atoms with Gasteiger partial charge in [0.1, 0.15) is 17.5 Å². The van der Waals surface area contributed by atoms with Gasteiger partial charge >= 0.3 is 5.82 Å². The highest BCUT2D eigenvalue weighted by Crippen LogP contribution is 2.39. The standard InChI is InChI=1S/C31H30Cl3N3O7/c1-17(2)28-26(42-31(40)43-28)16-37(30(39)29(33)34)20-7-4-6-19(14-20)25-15-23(35-44-25)27-22(32)8-5-9-24(27)41-21-10-12-36(13-11-21)18(3)38/h4-9,14-15,17,21,29H,10-13,16H2,1-3H3. The average Bonchev–Trinajstić information content (AvgIpc) is 3.63. The van der Waals surface area contributed by atoms with Crippen molar-refractivity contribution in [3.63, 3.8) is 0 Å². The lowest BCUT2D eigenvalue weighted by atomic mass is 10.1. The molecule has 1 aliphatic rings. The highest BCUT2D eigenvalue weighted by atomic mass is 35.5. The lowest BCUT2D eigenvalue weighted by Crippen LogP contribution is -2.40. The quantitative estimate of drug-likeness (QED) is 0.175. The van der Waals surface area contributed by atoms with E-state index in [1.165, 1.54) is 4.90 Å². The first-order chi connectivity index (χ1) is 21.0. The van der Waals surface area contributed by atoms with E-state index in [9.17, 15) is 14.4 Å². The van der Waals surface area contributed by atoms with Gasteiger partial charge in [-0.05, 0) is 24.3 Å². The maximum Gasteiger partial charge on any atom is 0.519 e. The second kappa shape index (κ2) is 13.5. The summed E-state index contributed by atoms with van der Waals surface area (Å²) in [6, 6.07) is 14.0. The zero-order valence-electron chi connectivity index (χ0n) is 24.2. The number of rotatable bonds is 9. The fraction of sp³-hybridized carbons (Fsp3) is 0.355. The summed E-state index contributed by atoms with van der Waals surface area (Å²) < 4.78 is 22.5. The van der Waals surface area contributed by atoms with Crippen LogP contribution in [-0.2, 0) is 16.1 Å². The van der Waals surface area contributed by atoms with Gasteiger partial charge in [0.25, 0.3) is 5.91 Å². The Morgan fingerprint density at radius 1 is 1.09 bits per heavy atom. The number of hydrogen-bond acceptors (Lipinski definition) is 8. The molecule has 1 fully saturated rings. The van der Waals surface area contributed by atoms with Crippen molar-refractivity contribution in [2.24, 2.45) is 0 Å². The van der Waals surface area contributed by atoms with Gasteiger partial charge < -0.3 is 27.9 Å². The van der Waals surface area contributed by atoms with Crippen LogP contribution in [0.15, 0.2) is 66.7 Å². The highest BCUT2D eigenvalue weighted by molar-refractivity contribution is 6.54. The molecule has 0 spiro atoms. The molecule has 232 valence electrons. The van der Waals surface area contributed by atoms with Crippen molar-refractivity contribution in [1.82, 2.24) is 10.1 Å². The van der Waals surface area contributed by atoms with Crippen LogP contribution in [0.1, 0.15) is 51.1 Å². The van der Waals surface area contributed by atoms with Crippen molar-refractivity contribution in [3.05, 3.63) is 75.7 Å². The molecule has 2 amide bonds. The first kappa shape index (κ1) is 31.7. The van der Waals surface area contributed by atoms with Gasteiger partial charge in [-0.25, -0.2) is 4.79 Å². The zero-order valence-corrected chi connectivity index (χ0v) is 26.5. The maximum atomic E-state index is 13.1. The van der Waals surface area contributed by atoms with Gasteiger partial charge in [-0.1, -0.05) is 72.0 Å². The molecular weight excluding hydrogens is 633 g/mol. The second-order valence-corrected chi connectivity index (χ2v) is 12.2. The van der Waals surface area contributed by atoms with Crippen molar-refractivity contribution in [3.8, 4) is 28.3 Å². The molecule has 0 atom stereocenters. The number of carbonyl (C=O) groups is 2. The van der Waals surface area contributed by atoms with E-state index in [-0.39, 0.29) is 30.2 Å². The van der Waals surface area contributed by atoms with Crippen LogP contribution in [0, 0.1) is 0 Å². The highest BCUT2D eigenvalue weighted by Gasteiger charge is 2.28. The van der Waals surface area contributed by atoms with Gasteiger partial charge in [-0.2, -0.15) is 0 Å². The Morgan fingerprint density at radius 2 is 1.82 bits per heavy atom. The summed E-state index contributed by atoms with van der Waals surface area (Å²) in [5.74, 6) is -0.113. The number of aromatic nitrogens is 1. The first-order valence-corrected chi connectivity index (χ1v) is 15.3. The van der Waals surface area contributed by atoms with E-state index in [0.29, 0.717) is 70.7 Å². The number of benzene rings is 2. The summed E-state index contributed by atoms with van der Waals surface area (Å²) >= 11 is 18.6. The molecule has 0 saturated carbocycles. The Labute approximate surface area is 268 Å². The Bertz CT molecular complexity index is 1700. The van der Waals surface area contributed by atoms with E-state index in [4.69, 9.17) is 52.9 Å². The number of anilines is 1. The molecule has 0 radical (unpaired) electrons. The summed E-state index contributed by atoms with van der Waals surface area (Å²) in [5, 5.41) is 4.71. The molecule has 1 aliphatic heterocycles. The number of ether oxygens (including phenoxy) is 1. The summed E-state index contributed by atoms with van der Waals surface area (Å²) in [6.45, 7) is 6.36. The Morgan fingerprint density at radius 3 is 2.50 bits per heavy atom. The number of halogens is 3. The van der Waals surface area contributed by atoms with Crippen LogP contribution >= 0.6 is 34.8 Å². The van der Waals surface area contributed by atoms with Crippen LogP contribution in [0.5, 0.6) is 5.75 Å². The number of likely N-dealkylation sites (tertiary alicyclic amines) is 1. The van der Waals surface area contributed by atoms with Gasteiger partial charge in [0, 0.05) is 56.1 Å². The Kier molecular flexibility index (Phi) is 9.72. The predicted octanol–water partition coefficient (Wildman–Crippen LogP) is 7.06. The Balaban J connectivity index is 1.43. The summed E-state index contributed by atoms with van der Waals surface area (Å²) in [6.07, 6.45) is 1.31. The van der Waals surface area contributed by atoms with Crippen LogP contribution in [0.25, 0.3) is 22.6 Å². The molecule has 0 aliphatic carbocycles. The molecule has 3 heterocycles. The summed E-state index contributed by atoms with van der Waals surface area (Å²) in [5.41, 5.74) is 2.07. The first-order valence-electron chi connectivity index (χ1n) is 14.0. The van der Waals surface area contributed by atoms with Crippen LogP contribution in [-0.4, -0.2) is 45.9 Å². The lowest BCUT2D eigenvalue weighted by molar-refractivity contribution is -0.130. The fourth-order valence-electron chi connectivity index (χ4n) is 5.10. The van der Waals surface area contributed by atoms with Crippen molar-refractivity contribution in [2.45, 2.75) is 57.0 Å². The normalized spacial score (nSPS) is 14.0. The molecule has 0 N–H and O–H groups in total. The summed E-state index contributed by atoms with van der Waals surface area (Å²) in [7, 11) is 0. The monoisotopic (exact) mass is 661 g/mol. The molecule has 2 aromatic heterocycles. The molecular formula is C31H30Cl3N3O7. The third-order valence-corrected chi connectivity index (χ3v) is 8.01.